The molecule has 1 N–H and O–H groups in total. The fourth-order valence-corrected chi connectivity index (χ4v) is 4.09. The average Bonchev–Trinajstić information content (AvgIpc) is 2.74. The Labute approximate surface area is 191 Å². The predicted molar refractivity (Wildman–Crippen MR) is 123 cm³/mol. The van der Waals surface area contributed by atoms with Crippen molar-refractivity contribution in [1.29, 1.82) is 0 Å². The molecule has 158 valence electrons. The van der Waals surface area contributed by atoms with Crippen molar-refractivity contribution in [2.24, 2.45) is 0 Å². The third kappa shape index (κ3) is 4.08. The summed E-state index contributed by atoms with van der Waals surface area (Å²) in [6.45, 7) is 2.35. The number of non-ortho nitro benzene ring substituents is 1. The van der Waals surface area contributed by atoms with E-state index in [1.54, 1.807) is 36.4 Å². The number of nitro groups is 1. The van der Waals surface area contributed by atoms with Crippen LogP contribution in [-0.2, 0) is 0 Å². The molecule has 0 fully saturated rings. The molecule has 0 aliphatic carbocycles. The van der Waals surface area contributed by atoms with Gasteiger partial charge in [0.2, 0.25) is 0 Å². The summed E-state index contributed by atoms with van der Waals surface area (Å²) in [6, 6.07) is 16.6. The highest BCUT2D eigenvalue weighted by Gasteiger charge is 2.36. The largest absolute Gasteiger partial charge is 0.494 e. The number of benzene rings is 3. The third-order valence-corrected chi connectivity index (χ3v) is 5.71. The Kier molecular flexibility index (Phi) is 5.84. The van der Waals surface area contributed by atoms with Gasteiger partial charge in [-0.1, -0.05) is 33.6 Å². The molecule has 31 heavy (non-hydrogen) atoms. The van der Waals surface area contributed by atoms with E-state index in [-0.39, 0.29) is 11.6 Å². The molecule has 3 aromatic rings. The van der Waals surface area contributed by atoms with Crippen LogP contribution in [0.2, 0.25) is 5.02 Å². The summed E-state index contributed by atoms with van der Waals surface area (Å²) in [7, 11) is 0. The summed E-state index contributed by atoms with van der Waals surface area (Å²) in [5.41, 5.74) is 1.95. The van der Waals surface area contributed by atoms with E-state index in [4.69, 9.17) is 16.3 Å². The highest BCUT2D eigenvalue weighted by Crippen LogP contribution is 2.41. The lowest BCUT2D eigenvalue weighted by Crippen LogP contribution is -2.43. The molecule has 1 aliphatic heterocycles. The quantitative estimate of drug-likeness (QED) is 0.333. The molecule has 0 bridgehead atoms. The van der Waals surface area contributed by atoms with E-state index < -0.39 is 11.1 Å². The second-order valence-electron chi connectivity index (χ2n) is 6.81. The Morgan fingerprint density at radius 1 is 1.19 bits per heavy atom. The molecule has 0 unspecified atom stereocenters. The first-order valence-corrected chi connectivity index (χ1v) is 10.6. The van der Waals surface area contributed by atoms with E-state index in [0.717, 1.165) is 4.47 Å². The van der Waals surface area contributed by atoms with Crippen LogP contribution in [0.25, 0.3) is 0 Å². The summed E-state index contributed by atoms with van der Waals surface area (Å²) in [4.78, 5) is 26.0. The van der Waals surface area contributed by atoms with Crippen molar-refractivity contribution in [3.8, 4) is 5.75 Å². The Morgan fingerprint density at radius 2 is 2.00 bits per heavy atom. The lowest BCUT2D eigenvalue weighted by Gasteiger charge is -2.38. The maximum atomic E-state index is 13.6. The minimum Gasteiger partial charge on any atom is -0.494 e. The van der Waals surface area contributed by atoms with Crippen molar-refractivity contribution in [2.45, 2.75) is 13.1 Å². The van der Waals surface area contributed by atoms with Gasteiger partial charge in [-0.2, -0.15) is 0 Å². The SMILES string of the molecule is CCOc1cccc(N2C(=O)c3cc(Br)ccc3N[C@H]2c2cc([N+](=O)[O-])ccc2Cl)c1. The molecule has 1 amide bonds. The number of nitrogens with one attached hydrogen (secondary N) is 1. The molecule has 9 heteroatoms. The van der Waals surface area contributed by atoms with Gasteiger partial charge in [-0.25, -0.2) is 0 Å². The number of hydrogen-bond acceptors (Lipinski definition) is 5. The summed E-state index contributed by atoms with van der Waals surface area (Å²) < 4.78 is 6.36. The predicted octanol–water partition coefficient (Wildman–Crippen LogP) is 6.18. The van der Waals surface area contributed by atoms with Gasteiger partial charge < -0.3 is 10.1 Å². The van der Waals surface area contributed by atoms with E-state index in [9.17, 15) is 14.9 Å². The zero-order chi connectivity index (χ0) is 22.1. The second-order valence-corrected chi connectivity index (χ2v) is 8.13. The molecule has 0 spiro atoms. The fourth-order valence-electron chi connectivity index (χ4n) is 3.51. The number of hydrogen-bond donors (Lipinski definition) is 1. The monoisotopic (exact) mass is 501 g/mol. The van der Waals surface area contributed by atoms with E-state index in [1.807, 2.05) is 13.0 Å². The number of anilines is 2. The van der Waals surface area contributed by atoms with Crippen LogP contribution in [0.3, 0.4) is 0 Å². The third-order valence-electron chi connectivity index (χ3n) is 4.87. The number of nitrogens with zero attached hydrogens (tertiary/aromatic N) is 2. The van der Waals surface area contributed by atoms with Crippen LogP contribution in [0.4, 0.5) is 17.1 Å². The van der Waals surface area contributed by atoms with E-state index in [0.29, 0.717) is 39.9 Å². The average molecular weight is 503 g/mol. The first kappa shape index (κ1) is 21.1. The zero-order valence-corrected chi connectivity index (χ0v) is 18.7. The van der Waals surface area contributed by atoms with Crippen molar-refractivity contribution < 1.29 is 14.5 Å². The number of halogens is 2. The lowest BCUT2D eigenvalue weighted by molar-refractivity contribution is -0.384. The van der Waals surface area contributed by atoms with Crippen LogP contribution in [0.1, 0.15) is 29.0 Å². The molecule has 1 aliphatic rings. The Morgan fingerprint density at radius 3 is 2.74 bits per heavy atom. The normalized spacial score (nSPS) is 15.3. The summed E-state index contributed by atoms with van der Waals surface area (Å²) in [5.74, 6) is 0.341. The van der Waals surface area contributed by atoms with Crippen LogP contribution in [-0.4, -0.2) is 17.4 Å². The summed E-state index contributed by atoms with van der Waals surface area (Å²) in [5, 5.41) is 15.0. The second kappa shape index (κ2) is 8.56. The minimum atomic E-state index is -0.759. The van der Waals surface area contributed by atoms with Gasteiger partial charge >= 0.3 is 0 Å². The molecule has 3 aromatic carbocycles. The van der Waals surface area contributed by atoms with Crippen molar-refractivity contribution in [3.63, 3.8) is 0 Å². The van der Waals surface area contributed by atoms with Gasteiger partial charge in [-0.15, -0.1) is 0 Å². The van der Waals surface area contributed by atoms with Crippen LogP contribution >= 0.6 is 27.5 Å². The van der Waals surface area contributed by atoms with Crippen LogP contribution in [0.5, 0.6) is 5.75 Å². The first-order chi connectivity index (χ1) is 14.9. The van der Waals surface area contributed by atoms with Gasteiger partial charge in [-0.05, 0) is 43.3 Å². The van der Waals surface area contributed by atoms with Gasteiger partial charge in [0.25, 0.3) is 11.6 Å². The molecule has 7 nitrogen and oxygen atoms in total. The molecular formula is C22H17BrClN3O4. The van der Waals surface area contributed by atoms with Gasteiger partial charge in [0, 0.05) is 38.9 Å². The number of carbonyl (C=O) groups is 1. The number of amides is 1. The Balaban J connectivity index is 1.90. The minimum absolute atomic E-state index is 0.113. The lowest BCUT2D eigenvalue weighted by atomic mass is 10.0. The van der Waals surface area contributed by atoms with Gasteiger partial charge in [0.15, 0.2) is 0 Å². The standard InChI is InChI=1S/C22H17BrClN3O4/c1-2-31-16-5-3-4-14(11-16)26-21(17-12-15(27(29)30)7-8-19(17)24)25-20-9-6-13(23)10-18(20)22(26)28/h3-12,21,25H,2H2,1H3/t21-/m1/s1. The smallest absolute Gasteiger partial charge is 0.269 e. The van der Waals surface area contributed by atoms with Crippen molar-refractivity contribution in [2.75, 3.05) is 16.8 Å². The molecule has 1 atom stereocenters. The van der Waals surface area contributed by atoms with E-state index >= 15 is 0 Å². The molecule has 1 heterocycles. The number of fused-ring (bicyclic) bond motifs is 1. The van der Waals surface area contributed by atoms with Crippen molar-refractivity contribution in [1.82, 2.24) is 0 Å². The maximum absolute atomic E-state index is 13.6. The maximum Gasteiger partial charge on any atom is 0.269 e. The van der Waals surface area contributed by atoms with Gasteiger partial charge in [-0.3, -0.25) is 19.8 Å². The van der Waals surface area contributed by atoms with E-state index in [1.165, 1.54) is 23.1 Å². The zero-order valence-electron chi connectivity index (χ0n) is 16.3. The highest BCUT2D eigenvalue weighted by atomic mass is 79.9. The molecule has 0 aromatic heterocycles. The summed E-state index contributed by atoms with van der Waals surface area (Å²) >= 11 is 9.84. The van der Waals surface area contributed by atoms with Crippen LogP contribution in [0, 0.1) is 10.1 Å². The number of nitro benzene ring substituents is 1. The van der Waals surface area contributed by atoms with Crippen molar-refractivity contribution >= 4 is 50.5 Å². The molecular weight excluding hydrogens is 486 g/mol. The molecule has 0 saturated carbocycles. The van der Waals surface area contributed by atoms with Gasteiger partial charge in [0.1, 0.15) is 11.9 Å². The number of rotatable bonds is 5. The Hall–Kier alpha value is -3.10. The number of carbonyl (C=O) groups excluding carboxylic acids is 1. The first-order valence-electron chi connectivity index (χ1n) is 9.45. The molecule has 4 rings (SSSR count). The van der Waals surface area contributed by atoms with E-state index in [2.05, 4.69) is 21.2 Å². The summed E-state index contributed by atoms with van der Waals surface area (Å²) in [6.07, 6.45) is -0.759. The molecule has 0 saturated heterocycles. The molecule has 0 radical (unpaired) electrons. The van der Waals surface area contributed by atoms with Crippen molar-refractivity contribution in [3.05, 3.63) is 91.4 Å². The van der Waals surface area contributed by atoms with Gasteiger partial charge in [0.05, 0.1) is 22.8 Å². The van der Waals surface area contributed by atoms with Crippen LogP contribution in [0.15, 0.2) is 65.1 Å². The highest BCUT2D eigenvalue weighted by molar-refractivity contribution is 9.10. The fraction of sp³-hybridized carbons (Fsp3) is 0.136. The Bertz CT molecular complexity index is 1190. The van der Waals surface area contributed by atoms with Crippen LogP contribution < -0.4 is 15.0 Å². The topological polar surface area (TPSA) is 84.7 Å². The number of ether oxygens (including phenoxy) is 1.